The van der Waals surface area contributed by atoms with Crippen LogP contribution in [0.4, 0.5) is 4.39 Å². The molecule has 1 aromatic carbocycles. The number of aryl methyl sites for hydroxylation is 1. The monoisotopic (exact) mass is 371 g/mol. The van der Waals surface area contributed by atoms with Gasteiger partial charge in [0.25, 0.3) is 0 Å². The van der Waals surface area contributed by atoms with Gasteiger partial charge in [-0.15, -0.1) is 0 Å². The van der Waals surface area contributed by atoms with E-state index in [0.717, 1.165) is 30.9 Å². The molecule has 0 bridgehead atoms. The molecule has 1 aliphatic heterocycles. The van der Waals surface area contributed by atoms with Crippen LogP contribution in [0.5, 0.6) is 0 Å². The molecule has 2 aliphatic rings. The van der Waals surface area contributed by atoms with E-state index < -0.39 is 6.17 Å². The maximum Gasteiger partial charge on any atom is 0.125 e. The second-order valence-corrected chi connectivity index (χ2v) is 8.03. The van der Waals surface area contributed by atoms with Crippen molar-refractivity contribution in [2.75, 3.05) is 19.6 Å². The Hall–Kier alpha value is -1.68. The second-order valence-electron chi connectivity index (χ2n) is 8.03. The smallest absolute Gasteiger partial charge is 0.125 e. The molecule has 1 aliphatic carbocycles. The lowest BCUT2D eigenvalue weighted by Gasteiger charge is -2.40. The predicted molar refractivity (Wildman–Crippen MR) is 113 cm³/mol. The van der Waals surface area contributed by atoms with Crippen LogP contribution in [0.25, 0.3) is 5.70 Å². The third-order valence-electron chi connectivity index (χ3n) is 5.66. The normalized spacial score (nSPS) is 20.5. The fourth-order valence-corrected chi connectivity index (χ4v) is 3.91. The summed E-state index contributed by atoms with van der Waals surface area (Å²) in [4.78, 5) is 7.20. The Morgan fingerprint density at radius 3 is 2.67 bits per heavy atom. The van der Waals surface area contributed by atoms with Gasteiger partial charge < -0.3 is 5.32 Å². The van der Waals surface area contributed by atoms with Crippen molar-refractivity contribution < 1.29 is 4.39 Å². The van der Waals surface area contributed by atoms with E-state index in [0.29, 0.717) is 25.0 Å². The number of nitrogens with one attached hydrogen (secondary N) is 1. The van der Waals surface area contributed by atoms with Crippen molar-refractivity contribution in [1.82, 2.24) is 10.2 Å². The average Bonchev–Trinajstić information content (AvgIpc) is 3.44. The highest BCUT2D eigenvalue weighted by Gasteiger charge is 2.31. The van der Waals surface area contributed by atoms with Gasteiger partial charge in [-0.25, -0.2) is 9.38 Å². The number of alkyl halides is 1. The molecular formula is C23H34FN3. The minimum absolute atomic E-state index is 0.400. The van der Waals surface area contributed by atoms with Crippen molar-refractivity contribution >= 4 is 11.5 Å². The van der Waals surface area contributed by atoms with Gasteiger partial charge in [0.15, 0.2) is 0 Å². The Kier molecular flexibility index (Phi) is 6.69. The van der Waals surface area contributed by atoms with E-state index in [-0.39, 0.29) is 0 Å². The quantitative estimate of drug-likeness (QED) is 0.511. The van der Waals surface area contributed by atoms with Gasteiger partial charge in [0.1, 0.15) is 6.17 Å². The van der Waals surface area contributed by atoms with Gasteiger partial charge in [0.05, 0.1) is 11.5 Å². The number of likely N-dealkylation sites (tertiary alicyclic amines) is 1. The zero-order chi connectivity index (χ0) is 19.4. The van der Waals surface area contributed by atoms with E-state index in [1.165, 1.54) is 29.5 Å². The molecule has 0 spiro atoms. The molecule has 1 atom stereocenters. The highest BCUT2D eigenvalue weighted by atomic mass is 19.1. The van der Waals surface area contributed by atoms with E-state index in [9.17, 15) is 4.39 Å². The van der Waals surface area contributed by atoms with Crippen molar-refractivity contribution in [2.45, 2.75) is 71.5 Å². The summed E-state index contributed by atoms with van der Waals surface area (Å²) >= 11 is 0. The van der Waals surface area contributed by atoms with Crippen molar-refractivity contribution in [3.05, 3.63) is 41.0 Å². The van der Waals surface area contributed by atoms with E-state index in [1.54, 1.807) is 0 Å². The lowest BCUT2D eigenvalue weighted by atomic mass is 9.96. The first-order chi connectivity index (χ1) is 13.0. The summed E-state index contributed by atoms with van der Waals surface area (Å²) in [6.07, 6.45) is 6.15. The minimum Gasteiger partial charge on any atom is -0.374 e. The number of benzene rings is 1. The molecule has 0 radical (unpaired) electrons. The summed E-state index contributed by atoms with van der Waals surface area (Å²) in [5.41, 5.74) is 5.08. The SMILES string of the molecule is CCN/C(C)=N\C(=C/CC(CC)N1CC(F)C1)c1ccc(C)cc1C1CC1. The molecule has 0 amide bonds. The lowest BCUT2D eigenvalue weighted by Crippen LogP contribution is -2.53. The van der Waals surface area contributed by atoms with E-state index >= 15 is 0 Å². The molecule has 27 heavy (non-hydrogen) atoms. The van der Waals surface area contributed by atoms with Gasteiger partial charge in [-0.2, -0.15) is 0 Å². The molecule has 148 valence electrons. The molecular weight excluding hydrogens is 337 g/mol. The lowest BCUT2D eigenvalue weighted by molar-refractivity contribution is 0.0269. The summed E-state index contributed by atoms with van der Waals surface area (Å²) < 4.78 is 13.3. The zero-order valence-corrected chi connectivity index (χ0v) is 17.3. The fourth-order valence-electron chi connectivity index (χ4n) is 3.91. The highest BCUT2D eigenvalue weighted by Crippen LogP contribution is 2.44. The van der Waals surface area contributed by atoms with E-state index in [2.05, 4.69) is 55.3 Å². The number of aliphatic imine (C=N–C) groups is 1. The van der Waals surface area contributed by atoms with Crippen LogP contribution in [0, 0.1) is 6.92 Å². The summed E-state index contributed by atoms with van der Waals surface area (Å²) in [5.74, 6) is 1.63. The average molecular weight is 372 g/mol. The molecule has 0 aromatic heterocycles. The first-order valence-electron chi connectivity index (χ1n) is 10.5. The van der Waals surface area contributed by atoms with Gasteiger partial charge in [-0.05, 0) is 57.9 Å². The van der Waals surface area contributed by atoms with Crippen molar-refractivity contribution in [1.29, 1.82) is 0 Å². The number of halogens is 1. The van der Waals surface area contributed by atoms with Gasteiger partial charge in [-0.1, -0.05) is 36.8 Å². The topological polar surface area (TPSA) is 27.6 Å². The van der Waals surface area contributed by atoms with E-state index in [4.69, 9.17) is 4.99 Å². The van der Waals surface area contributed by atoms with Crippen LogP contribution in [0.2, 0.25) is 0 Å². The van der Waals surface area contributed by atoms with Crippen molar-refractivity contribution in [2.24, 2.45) is 4.99 Å². The molecule has 1 saturated heterocycles. The van der Waals surface area contributed by atoms with Crippen LogP contribution in [0.15, 0.2) is 29.3 Å². The maximum absolute atomic E-state index is 13.3. The molecule has 2 fully saturated rings. The van der Waals surface area contributed by atoms with Crippen LogP contribution < -0.4 is 5.32 Å². The Morgan fingerprint density at radius 1 is 1.33 bits per heavy atom. The van der Waals surface area contributed by atoms with Gasteiger partial charge in [0, 0.05) is 31.2 Å². The van der Waals surface area contributed by atoms with Gasteiger partial charge in [0.2, 0.25) is 0 Å². The van der Waals surface area contributed by atoms with Crippen LogP contribution >= 0.6 is 0 Å². The van der Waals surface area contributed by atoms with Gasteiger partial charge >= 0.3 is 0 Å². The number of hydrogen-bond donors (Lipinski definition) is 1. The van der Waals surface area contributed by atoms with E-state index in [1.807, 2.05) is 6.92 Å². The van der Waals surface area contributed by atoms with Crippen LogP contribution in [0.3, 0.4) is 0 Å². The molecule has 1 N–H and O–H groups in total. The zero-order valence-electron chi connectivity index (χ0n) is 17.3. The number of nitrogens with zero attached hydrogens (tertiary/aromatic N) is 2. The first kappa shape index (κ1) is 20.1. The minimum atomic E-state index is -0.643. The summed E-state index contributed by atoms with van der Waals surface area (Å²) in [6.45, 7) is 10.5. The molecule has 3 rings (SSSR count). The molecule has 4 heteroatoms. The summed E-state index contributed by atoms with van der Waals surface area (Å²) in [7, 11) is 0. The molecule has 1 saturated carbocycles. The number of amidine groups is 1. The Bertz CT molecular complexity index is 700. The first-order valence-corrected chi connectivity index (χ1v) is 10.5. The third-order valence-corrected chi connectivity index (χ3v) is 5.66. The predicted octanol–water partition coefficient (Wildman–Crippen LogP) is 5.06. The summed E-state index contributed by atoms with van der Waals surface area (Å²) in [6, 6.07) is 7.16. The van der Waals surface area contributed by atoms with Crippen molar-refractivity contribution in [3.63, 3.8) is 0 Å². The third kappa shape index (κ3) is 5.19. The van der Waals surface area contributed by atoms with Crippen LogP contribution in [-0.4, -0.2) is 42.6 Å². The maximum atomic E-state index is 13.3. The van der Waals surface area contributed by atoms with Crippen LogP contribution in [-0.2, 0) is 0 Å². The summed E-state index contributed by atoms with van der Waals surface area (Å²) in [5, 5.41) is 3.32. The molecule has 3 nitrogen and oxygen atoms in total. The molecule has 1 heterocycles. The number of hydrogen-bond acceptors (Lipinski definition) is 2. The fraction of sp³-hybridized carbons (Fsp3) is 0.609. The Labute approximate surface area is 163 Å². The number of rotatable bonds is 8. The second kappa shape index (κ2) is 9.01. The largest absolute Gasteiger partial charge is 0.374 e. The van der Waals surface area contributed by atoms with Crippen LogP contribution in [0.1, 0.15) is 69.1 Å². The van der Waals surface area contributed by atoms with Gasteiger partial charge in [-0.3, -0.25) is 4.90 Å². The molecule has 1 unspecified atom stereocenters. The Morgan fingerprint density at radius 2 is 2.07 bits per heavy atom. The highest BCUT2D eigenvalue weighted by molar-refractivity contribution is 5.86. The molecule has 1 aromatic rings. The van der Waals surface area contributed by atoms with Crippen molar-refractivity contribution in [3.8, 4) is 0 Å². The standard InChI is InChI=1S/C23H34FN3/c1-5-20(27-14-19(24)15-27)10-12-23(26-17(4)25-6-2)21-11-7-16(3)13-22(21)18-8-9-18/h7,11-13,18-20H,5-6,8-10,14-15H2,1-4H3,(H,25,26)/b23-12-. The Balaban J connectivity index is 1.88.